The first-order valence-corrected chi connectivity index (χ1v) is 12.0. The van der Waals surface area contributed by atoms with Gasteiger partial charge in [0.05, 0.1) is 13.2 Å². The van der Waals surface area contributed by atoms with Gasteiger partial charge in [-0.05, 0) is 66.6 Å². The first kappa shape index (κ1) is 20.7. The predicted molar refractivity (Wildman–Crippen MR) is 130 cm³/mol. The lowest BCUT2D eigenvalue weighted by Gasteiger charge is -2.31. The van der Waals surface area contributed by atoms with Crippen LogP contribution in [0.15, 0.2) is 54.1 Å². The zero-order valence-corrected chi connectivity index (χ0v) is 18.6. The molecular weight excluding hydrogens is 380 g/mol. The van der Waals surface area contributed by atoms with Gasteiger partial charge < -0.3 is 9.64 Å². The largest absolute Gasteiger partial charge is 0.379 e. The minimum atomic E-state index is 0.908. The SMILES string of the molecule is C1=Cc2ccccc2C(=C2CCN(CCCCN3CCOCC3)CC2)c2ccccc21. The first-order valence-electron chi connectivity index (χ1n) is 12.0. The molecule has 2 saturated heterocycles. The summed E-state index contributed by atoms with van der Waals surface area (Å²) >= 11 is 0. The molecule has 1 aliphatic carbocycles. The maximum absolute atomic E-state index is 5.45. The molecule has 0 N–H and O–H groups in total. The Balaban J connectivity index is 1.25. The molecule has 0 amide bonds. The molecule has 0 saturated carbocycles. The molecule has 2 aromatic carbocycles. The van der Waals surface area contributed by atoms with Crippen LogP contribution in [0.2, 0.25) is 0 Å². The molecule has 0 atom stereocenters. The van der Waals surface area contributed by atoms with Crippen molar-refractivity contribution in [2.75, 3.05) is 52.5 Å². The Hall–Kier alpha value is -2.20. The van der Waals surface area contributed by atoms with Crippen LogP contribution < -0.4 is 0 Å². The Bertz CT molecular complexity index is 893. The average molecular weight is 415 g/mol. The normalized spacial score (nSPS) is 19.7. The smallest absolute Gasteiger partial charge is 0.0594 e. The standard InChI is InChI=1S/C28H34N2O/c1-3-9-26-23(7-1)11-12-24-8-2-4-10-27(24)28(26)25-13-17-29(18-14-25)15-5-6-16-30-19-21-31-22-20-30/h1-4,7-12H,5-6,13-22H2. The van der Waals surface area contributed by atoms with E-state index in [1.54, 1.807) is 5.57 Å². The van der Waals surface area contributed by atoms with E-state index in [0.717, 1.165) is 26.3 Å². The van der Waals surface area contributed by atoms with Crippen molar-refractivity contribution in [3.05, 3.63) is 76.4 Å². The van der Waals surface area contributed by atoms with E-state index in [0.29, 0.717) is 0 Å². The highest BCUT2D eigenvalue weighted by Gasteiger charge is 2.22. The number of benzene rings is 2. The van der Waals surface area contributed by atoms with Crippen LogP contribution in [0.1, 0.15) is 47.9 Å². The number of ether oxygens (including phenoxy) is 1. The highest BCUT2D eigenvalue weighted by Crippen LogP contribution is 2.38. The van der Waals surface area contributed by atoms with Gasteiger partial charge in [0, 0.05) is 26.2 Å². The molecule has 31 heavy (non-hydrogen) atoms. The summed E-state index contributed by atoms with van der Waals surface area (Å²) in [7, 11) is 0. The summed E-state index contributed by atoms with van der Waals surface area (Å²) in [6.07, 6.45) is 9.54. The Morgan fingerprint density at radius 1 is 0.645 bits per heavy atom. The molecule has 0 radical (unpaired) electrons. The van der Waals surface area contributed by atoms with Gasteiger partial charge in [-0.3, -0.25) is 4.90 Å². The summed E-state index contributed by atoms with van der Waals surface area (Å²) < 4.78 is 5.45. The highest BCUT2D eigenvalue weighted by atomic mass is 16.5. The molecule has 0 bridgehead atoms. The van der Waals surface area contributed by atoms with E-state index in [1.165, 1.54) is 79.7 Å². The third kappa shape index (κ3) is 4.85. The number of piperidine rings is 1. The number of hydrogen-bond donors (Lipinski definition) is 0. The topological polar surface area (TPSA) is 15.7 Å². The number of likely N-dealkylation sites (tertiary alicyclic amines) is 1. The second-order valence-corrected chi connectivity index (χ2v) is 8.99. The zero-order chi connectivity index (χ0) is 20.9. The van der Waals surface area contributed by atoms with Crippen LogP contribution in [0, 0.1) is 0 Å². The lowest BCUT2D eigenvalue weighted by atomic mass is 9.86. The van der Waals surface area contributed by atoms with Crippen LogP contribution in [-0.2, 0) is 4.74 Å². The molecule has 2 aliphatic heterocycles. The van der Waals surface area contributed by atoms with E-state index in [4.69, 9.17) is 4.74 Å². The van der Waals surface area contributed by atoms with Crippen molar-refractivity contribution >= 4 is 17.7 Å². The van der Waals surface area contributed by atoms with E-state index in [1.807, 2.05) is 0 Å². The molecule has 3 aliphatic rings. The van der Waals surface area contributed by atoms with E-state index in [2.05, 4.69) is 70.5 Å². The van der Waals surface area contributed by atoms with E-state index >= 15 is 0 Å². The average Bonchev–Trinajstić information content (AvgIpc) is 3.00. The van der Waals surface area contributed by atoms with Crippen LogP contribution in [0.3, 0.4) is 0 Å². The Morgan fingerprint density at radius 3 is 1.74 bits per heavy atom. The van der Waals surface area contributed by atoms with Crippen molar-refractivity contribution in [1.82, 2.24) is 9.80 Å². The zero-order valence-electron chi connectivity index (χ0n) is 18.6. The van der Waals surface area contributed by atoms with Crippen LogP contribution in [0.25, 0.3) is 17.7 Å². The monoisotopic (exact) mass is 414 g/mol. The summed E-state index contributed by atoms with van der Waals surface area (Å²) in [5.74, 6) is 0. The van der Waals surface area contributed by atoms with Gasteiger partial charge in [0.2, 0.25) is 0 Å². The van der Waals surface area contributed by atoms with Gasteiger partial charge in [0.25, 0.3) is 0 Å². The van der Waals surface area contributed by atoms with E-state index in [9.17, 15) is 0 Å². The van der Waals surface area contributed by atoms with Crippen molar-refractivity contribution in [1.29, 1.82) is 0 Å². The molecule has 2 heterocycles. The molecule has 3 heteroatoms. The molecule has 3 nitrogen and oxygen atoms in total. The Morgan fingerprint density at radius 2 is 1.16 bits per heavy atom. The van der Waals surface area contributed by atoms with Gasteiger partial charge in [-0.2, -0.15) is 0 Å². The molecule has 0 spiro atoms. The van der Waals surface area contributed by atoms with Crippen molar-refractivity contribution in [3.8, 4) is 0 Å². The van der Waals surface area contributed by atoms with Gasteiger partial charge in [-0.1, -0.05) is 66.3 Å². The Labute approximate surface area is 187 Å². The fraction of sp³-hybridized carbons (Fsp3) is 0.429. The van der Waals surface area contributed by atoms with E-state index in [-0.39, 0.29) is 0 Å². The van der Waals surface area contributed by atoms with Crippen molar-refractivity contribution in [2.24, 2.45) is 0 Å². The number of rotatable bonds is 5. The minimum Gasteiger partial charge on any atom is -0.379 e. The highest BCUT2D eigenvalue weighted by molar-refractivity contribution is 5.94. The van der Waals surface area contributed by atoms with Gasteiger partial charge in [-0.15, -0.1) is 0 Å². The summed E-state index contributed by atoms with van der Waals surface area (Å²) in [4.78, 5) is 5.23. The predicted octanol–water partition coefficient (Wildman–Crippen LogP) is 5.18. The lowest BCUT2D eigenvalue weighted by molar-refractivity contribution is 0.0368. The fourth-order valence-electron chi connectivity index (χ4n) is 5.24. The number of morpholine rings is 1. The summed E-state index contributed by atoms with van der Waals surface area (Å²) in [5, 5.41) is 0. The van der Waals surface area contributed by atoms with Gasteiger partial charge >= 0.3 is 0 Å². The molecule has 162 valence electrons. The van der Waals surface area contributed by atoms with Crippen molar-refractivity contribution < 1.29 is 4.74 Å². The molecule has 0 aromatic heterocycles. The summed E-state index contributed by atoms with van der Waals surface area (Å²) in [6.45, 7) is 8.88. The molecular formula is C28H34N2O. The van der Waals surface area contributed by atoms with Gasteiger partial charge in [0.15, 0.2) is 0 Å². The second kappa shape index (κ2) is 9.95. The quantitative estimate of drug-likeness (QED) is 0.535. The number of fused-ring (bicyclic) bond motifs is 2. The lowest BCUT2D eigenvalue weighted by Crippen LogP contribution is -2.37. The van der Waals surface area contributed by atoms with Crippen LogP contribution >= 0.6 is 0 Å². The number of unbranched alkanes of at least 4 members (excludes halogenated alkanes) is 1. The minimum absolute atomic E-state index is 0.908. The second-order valence-electron chi connectivity index (χ2n) is 8.99. The van der Waals surface area contributed by atoms with E-state index < -0.39 is 0 Å². The Kier molecular flexibility index (Phi) is 6.64. The van der Waals surface area contributed by atoms with Gasteiger partial charge in [-0.25, -0.2) is 0 Å². The number of nitrogens with zero attached hydrogens (tertiary/aromatic N) is 2. The molecule has 5 rings (SSSR count). The fourth-order valence-corrected chi connectivity index (χ4v) is 5.24. The molecule has 0 unspecified atom stereocenters. The number of hydrogen-bond acceptors (Lipinski definition) is 3. The van der Waals surface area contributed by atoms with Crippen LogP contribution in [0.4, 0.5) is 0 Å². The summed E-state index contributed by atoms with van der Waals surface area (Å²) in [6, 6.07) is 17.8. The third-order valence-electron chi connectivity index (χ3n) is 7.02. The maximum Gasteiger partial charge on any atom is 0.0594 e. The van der Waals surface area contributed by atoms with Crippen molar-refractivity contribution in [2.45, 2.75) is 25.7 Å². The van der Waals surface area contributed by atoms with Crippen LogP contribution in [0.5, 0.6) is 0 Å². The molecule has 2 fully saturated rings. The molecule has 2 aromatic rings. The third-order valence-corrected chi connectivity index (χ3v) is 7.02. The van der Waals surface area contributed by atoms with Crippen LogP contribution in [-0.4, -0.2) is 62.3 Å². The summed E-state index contributed by atoms with van der Waals surface area (Å²) in [5.41, 5.74) is 8.60. The van der Waals surface area contributed by atoms with Gasteiger partial charge in [0.1, 0.15) is 0 Å². The maximum atomic E-state index is 5.45. The van der Waals surface area contributed by atoms with Crippen molar-refractivity contribution in [3.63, 3.8) is 0 Å². The first-order chi connectivity index (χ1) is 15.4.